The minimum Gasteiger partial charge on any atom is -0.504 e. The van der Waals surface area contributed by atoms with Crippen molar-refractivity contribution >= 4 is 28.0 Å². The van der Waals surface area contributed by atoms with Crippen LogP contribution in [0.15, 0.2) is 72.3 Å². The Labute approximate surface area is 154 Å². The Morgan fingerprint density at radius 3 is 2.56 bits per heavy atom. The summed E-state index contributed by atoms with van der Waals surface area (Å²) in [4.78, 5) is 27.1. The number of hydrogen-bond donors (Lipinski definition) is 3. The van der Waals surface area contributed by atoms with Crippen LogP contribution in [0.4, 0.5) is 0 Å². The van der Waals surface area contributed by atoms with Crippen LogP contribution in [0.5, 0.6) is 5.75 Å². The Bertz CT molecular complexity index is 1120. The summed E-state index contributed by atoms with van der Waals surface area (Å²) in [6.45, 7) is 0.376. The molecule has 3 N–H and O–H groups in total. The highest BCUT2D eigenvalue weighted by Gasteiger charge is 2.31. The standard InChI is InChI=1S/C21H15NO5/c23-17-9-18(24)21(26)19(20(17)25)15-10-22-16-7-6-13(8-14(15)16)27-11-12-4-2-1-3-5-12/h1-10,22-23,26H,11H2. The van der Waals surface area contributed by atoms with Crippen LogP contribution in [0.2, 0.25) is 0 Å². The molecule has 1 aromatic heterocycles. The summed E-state index contributed by atoms with van der Waals surface area (Å²) in [5, 5.41) is 20.4. The average Bonchev–Trinajstić information content (AvgIpc) is 3.09. The molecule has 0 amide bonds. The number of allylic oxidation sites excluding steroid dienone is 2. The third kappa shape index (κ3) is 2.97. The van der Waals surface area contributed by atoms with E-state index >= 15 is 0 Å². The molecule has 0 saturated heterocycles. The lowest BCUT2D eigenvalue weighted by molar-refractivity contribution is -0.117. The van der Waals surface area contributed by atoms with Gasteiger partial charge in [-0.05, 0) is 23.8 Å². The number of carbonyl (C=O) groups excluding carboxylic acids is 2. The highest BCUT2D eigenvalue weighted by molar-refractivity contribution is 6.38. The molecule has 6 nitrogen and oxygen atoms in total. The van der Waals surface area contributed by atoms with Crippen LogP contribution in [0.1, 0.15) is 11.1 Å². The number of aromatic amines is 1. The molecule has 4 rings (SSSR count). The first-order chi connectivity index (χ1) is 13.0. The Morgan fingerprint density at radius 2 is 1.78 bits per heavy atom. The number of ether oxygens (including phenoxy) is 1. The van der Waals surface area contributed by atoms with E-state index in [-0.39, 0.29) is 5.57 Å². The van der Waals surface area contributed by atoms with Crippen LogP contribution in [-0.4, -0.2) is 26.8 Å². The molecule has 0 fully saturated rings. The lowest BCUT2D eigenvalue weighted by Gasteiger charge is -2.12. The van der Waals surface area contributed by atoms with Gasteiger partial charge in [0.1, 0.15) is 12.4 Å². The Hall–Kier alpha value is -3.80. The van der Waals surface area contributed by atoms with Gasteiger partial charge in [-0.3, -0.25) is 9.59 Å². The van der Waals surface area contributed by atoms with Crippen LogP contribution < -0.4 is 4.74 Å². The van der Waals surface area contributed by atoms with Crippen molar-refractivity contribution in [3.8, 4) is 5.75 Å². The number of aliphatic hydroxyl groups is 2. The predicted octanol–water partition coefficient (Wildman–Crippen LogP) is 3.61. The molecule has 134 valence electrons. The molecule has 1 aliphatic rings. The van der Waals surface area contributed by atoms with E-state index in [0.29, 0.717) is 34.9 Å². The zero-order valence-electron chi connectivity index (χ0n) is 14.1. The number of nitrogens with one attached hydrogen (secondary N) is 1. The maximum Gasteiger partial charge on any atom is 0.231 e. The number of ketones is 2. The van der Waals surface area contributed by atoms with E-state index in [1.165, 1.54) is 6.20 Å². The van der Waals surface area contributed by atoms with Gasteiger partial charge in [0, 0.05) is 28.7 Å². The highest BCUT2D eigenvalue weighted by Crippen LogP contribution is 2.33. The summed E-state index contributed by atoms with van der Waals surface area (Å²) in [5.74, 6) is -2.42. The molecule has 0 radical (unpaired) electrons. The quantitative estimate of drug-likeness (QED) is 0.617. The topological polar surface area (TPSA) is 99.6 Å². The number of Topliss-reactive ketones (excluding diaryl/α,β-unsaturated/α-hetero) is 1. The maximum atomic E-state index is 12.3. The van der Waals surface area contributed by atoms with Crippen LogP contribution in [0.3, 0.4) is 0 Å². The van der Waals surface area contributed by atoms with Gasteiger partial charge in [-0.1, -0.05) is 30.3 Å². The fourth-order valence-corrected chi connectivity index (χ4v) is 3.00. The van der Waals surface area contributed by atoms with E-state index in [9.17, 15) is 19.8 Å². The van der Waals surface area contributed by atoms with E-state index in [2.05, 4.69) is 4.98 Å². The highest BCUT2D eigenvalue weighted by atomic mass is 16.5. The molecule has 3 aromatic rings. The number of fused-ring (bicyclic) bond motifs is 1. The Kier molecular flexibility index (Phi) is 4.01. The molecular weight excluding hydrogens is 346 g/mol. The van der Waals surface area contributed by atoms with E-state index < -0.39 is 23.1 Å². The Morgan fingerprint density at radius 1 is 1.00 bits per heavy atom. The van der Waals surface area contributed by atoms with Crippen molar-refractivity contribution in [3.05, 3.63) is 83.4 Å². The SMILES string of the molecule is O=C1C=C(O)C(=O)C(c2c[nH]c3ccc(OCc4ccccc4)cc23)=C1O. The van der Waals surface area contributed by atoms with E-state index in [1.54, 1.807) is 18.2 Å². The molecule has 0 bridgehead atoms. The number of H-pyrrole nitrogens is 1. The second kappa shape index (κ2) is 6.49. The van der Waals surface area contributed by atoms with Gasteiger partial charge in [-0.15, -0.1) is 0 Å². The summed E-state index contributed by atoms with van der Waals surface area (Å²) in [5.41, 5.74) is 1.80. The first kappa shape index (κ1) is 16.7. The summed E-state index contributed by atoms with van der Waals surface area (Å²) in [6.07, 6.45) is 2.23. The van der Waals surface area contributed by atoms with Gasteiger partial charge in [0.15, 0.2) is 11.5 Å². The third-order valence-corrected chi connectivity index (χ3v) is 4.37. The van der Waals surface area contributed by atoms with Crippen molar-refractivity contribution in [2.24, 2.45) is 0 Å². The average molecular weight is 361 g/mol. The number of hydrogen-bond acceptors (Lipinski definition) is 5. The molecule has 27 heavy (non-hydrogen) atoms. The van der Waals surface area contributed by atoms with Crippen molar-refractivity contribution < 1.29 is 24.5 Å². The van der Waals surface area contributed by atoms with Crippen molar-refractivity contribution in [3.63, 3.8) is 0 Å². The lowest BCUT2D eigenvalue weighted by atomic mass is 9.93. The van der Waals surface area contributed by atoms with Crippen LogP contribution in [0, 0.1) is 0 Å². The molecule has 1 aliphatic carbocycles. The summed E-state index contributed by atoms with van der Waals surface area (Å²) >= 11 is 0. The normalized spacial score (nSPS) is 14.6. The molecular formula is C21H15NO5. The van der Waals surface area contributed by atoms with Gasteiger partial charge in [-0.2, -0.15) is 0 Å². The minimum absolute atomic E-state index is 0.230. The zero-order chi connectivity index (χ0) is 19.0. The van der Waals surface area contributed by atoms with E-state index in [1.807, 2.05) is 30.3 Å². The van der Waals surface area contributed by atoms with Gasteiger partial charge in [-0.25, -0.2) is 0 Å². The lowest BCUT2D eigenvalue weighted by Crippen LogP contribution is -2.18. The summed E-state index contributed by atoms with van der Waals surface area (Å²) in [7, 11) is 0. The second-order valence-corrected chi connectivity index (χ2v) is 6.13. The molecule has 0 atom stereocenters. The molecule has 0 spiro atoms. The van der Waals surface area contributed by atoms with Crippen molar-refractivity contribution in [2.45, 2.75) is 6.61 Å². The van der Waals surface area contributed by atoms with E-state index in [0.717, 1.165) is 5.56 Å². The molecule has 0 saturated carbocycles. The smallest absolute Gasteiger partial charge is 0.231 e. The molecule has 1 heterocycles. The molecule has 0 aliphatic heterocycles. The monoisotopic (exact) mass is 361 g/mol. The number of carbonyl (C=O) groups is 2. The van der Waals surface area contributed by atoms with Crippen molar-refractivity contribution in [1.82, 2.24) is 4.98 Å². The fraction of sp³-hybridized carbons (Fsp3) is 0.0476. The summed E-state index contributed by atoms with van der Waals surface area (Å²) in [6, 6.07) is 15.0. The van der Waals surface area contributed by atoms with Gasteiger partial charge in [0.05, 0.1) is 5.57 Å². The number of aliphatic hydroxyl groups excluding tert-OH is 2. The molecule has 2 aromatic carbocycles. The van der Waals surface area contributed by atoms with Crippen molar-refractivity contribution in [1.29, 1.82) is 0 Å². The first-order valence-corrected chi connectivity index (χ1v) is 8.26. The third-order valence-electron chi connectivity index (χ3n) is 4.37. The maximum absolute atomic E-state index is 12.3. The second-order valence-electron chi connectivity index (χ2n) is 6.13. The fourth-order valence-electron chi connectivity index (χ4n) is 3.00. The van der Waals surface area contributed by atoms with Crippen LogP contribution in [-0.2, 0) is 16.2 Å². The van der Waals surface area contributed by atoms with Crippen molar-refractivity contribution in [2.75, 3.05) is 0 Å². The number of benzene rings is 2. The Balaban J connectivity index is 1.72. The number of rotatable bonds is 4. The minimum atomic E-state index is -0.812. The van der Waals surface area contributed by atoms with Gasteiger partial charge < -0.3 is 19.9 Å². The van der Waals surface area contributed by atoms with Crippen LogP contribution in [0.25, 0.3) is 16.5 Å². The molecule has 6 heteroatoms. The zero-order valence-corrected chi connectivity index (χ0v) is 14.1. The number of aromatic nitrogens is 1. The van der Waals surface area contributed by atoms with Gasteiger partial charge in [0.25, 0.3) is 0 Å². The summed E-state index contributed by atoms with van der Waals surface area (Å²) < 4.78 is 5.80. The predicted molar refractivity (Wildman–Crippen MR) is 99.3 cm³/mol. The van der Waals surface area contributed by atoms with Gasteiger partial charge in [0.2, 0.25) is 11.6 Å². The molecule has 0 unspecified atom stereocenters. The van der Waals surface area contributed by atoms with Crippen LogP contribution >= 0.6 is 0 Å². The largest absolute Gasteiger partial charge is 0.504 e. The van der Waals surface area contributed by atoms with E-state index in [4.69, 9.17) is 4.74 Å². The first-order valence-electron chi connectivity index (χ1n) is 8.26. The van der Waals surface area contributed by atoms with Gasteiger partial charge >= 0.3 is 0 Å².